The minimum Gasteiger partial charge on any atom is -0.335 e. The molecule has 1 N–H and O–H groups in total. The van der Waals surface area contributed by atoms with E-state index in [9.17, 15) is 4.39 Å². The SMILES string of the molecule is Fc1cccc2c1CN=C(SCC1=CSC3=NCc4ccccc4CN13)N2. The van der Waals surface area contributed by atoms with Crippen LogP contribution < -0.4 is 5.32 Å². The lowest BCUT2D eigenvalue weighted by Crippen LogP contribution is -2.25. The average molecular weight is 397 g/mol. The molecule has 3 heterocycles. The molecular formula is C20H17FN4S2. The Morgan fingerprint density at radius 3 is 2.89 bits per heavy atom. The second-order valence-corrected chi connectivity index (χ2v) is 8.28. The van der Waals surface area contributed by atoms with E-state index in [2.05, 4.69) is 44.9 Å². The minimum atomic E-state index is -0.202. The van der Waals surface area contributed by atoms with Gasteiger partial charge in [-0.3, -0.25) is 9.98 Å². The summed E-state index contributed by atoms with van der Waals surface area (Å²) in [5.74, 6) is 0.594. The average Bonchev–Trinajstić information content (AvgIpc) is 2.97. The number of aliphatic imine (C=N–C) groups is 2. The highest BCUT2D eigenvalue weighted by atomic mass is 32.2. The third kappa shape index (κ3) is 3.26. The van der Waals surface area contributed by atoms with Crippen LogP contribution in [-0.4, -0.2) is 21.0 Å². The van der Waals surface area contributed by atoms with Gasteiger partial charge in [0.1, 0.15) is 5.82 Å². The van der Waals surface area contributed by atoms with Gasteiger partial charge >= 0.3 is 0 Å². The van der Waals surface area contributed by atoms with E-state index in [1.165, 1.54) is 22.9 Å². The van der Waals surface area contributed by atoms with Gasteiger partial charge in [0.25, 0.3) is 0 Å². The van der Waals surface area contributed by atoms with Crippen LogP contribution in [0.15, 0.2) is 63.6 Å². The van der Waals surface area contributed by atoms with Crippen LogP contribution in [0.5, 0.6) is 0 Å². The molecule has 5 rings (SSSR count). The first-order valence-electron chi connectivity index (χ1n) is 8.74. The summed E-state index contributed by atoms with van der Waals surface area (Å²) in [7, 11) is 0. The van der Waals surface area contributed by atoms with Gasteiger partial charge in [-0.1, -0.05) is 53.9 Å². The van der Waals surface area contributed by atoms with Crippen molar-refractivity contribution in [3.8, 4) is 0 Å². The topological polar surface area (TPSA) is 40.0 Å². The van der Waals surface area contributed by atoms with Crippen molar-refractivity contribution in [1.82, 2.24) is 4.90 Å². The Hall–Kier alpha value is -2.25. The van der Waals surface area contributed by atoms with Gasteiger partial charge in [-0.05, 0) is 28.7 Å². The fourth-order valence-electron chi connectivity index (χ4n) is 3.33. The highest BCUT2D eigenvalue weighted by molar-refractivity contribution is 8.17. The molecule has 0 fully saturated rings. The van der Waals surface area contributed by atoms with Crippen LogP contribution >= 0.6 is 23.5 Å². The number of hydrogen-bond donors (Lipinski definition) is 1. The normalized spacial score (nSPS) is 17.7. The molecule has 7 heteroatoms. The van der Waals surface area contributed by atoms with Gasteiger partial charge in [0.2, 0.25) is 0 Å². The lowest BCUT2D eigenvalue weighted by Gasteiger charge is -2.23. The second-order valence-electron chi connectivity index (χ2n) is 6.48. The maximum atomic E-state index is 13.8. The van der Waals surface area contributed by atoms with Gasteiger partial charge in [0.05, 0.1) is 19.6 Å². The Kier molecular flexibility index (Phi) is 4.41. The maximum Gasteiger partial charge on any atom is 0.168 e. The number of halogens is 1. The zero-order valence-corrected chi connectivity index (χ0v) is 16.1. The summed E-state index contributed by atoms with van der Waals surface area (Å²) in [6, 6.07) is 13.6. The summed E-state index contributed by atoms with van der Waals surface area (Å²) in [6.45, 7) is 1.97. The lowest BCUT2D eigenvalue weighted by molar-refractivity contribution is 0.529. The lowest BCUT2D eigenvalue weighted by atomic mass is 10.1. The molecule has 0 radical (unpaired) electrons. The molecule has 0 aliphatic carbocycles. The molecule has 0 spiro atoms. The number of fused-ring (bicyclic) bond motifs is 3. The Labute approximate surface area is 165 Å². The van der Waals surface area contributed by atoms with Crippen molar-refractivity contribution in [3.63, 3.8) is 0 Å². The standard InChI is InChI=1S/C20H17FN4S2/c21-17-6-3-7-18-16(17)9-22-19(24-18)26-11-15-12-27-20-23-8-13-4-1-2-5-14(13)10-25(15)20/h1-7,12H,8-11H2,(H,22,24). The predicted octanol–water partition coefficient (Wildman–Crippen LogP) is 4.80. The summed E-state index contributed by atoms with van der Waals surface area (Å²) in [5, 5.41) is 7.33. The van der Waals surface area contributed by atoms with Crippen molar-refractivity contribution in [2.24, 2.45) is 9.98 Å². The van der Waals surface area contributed by atoms with Gasteiger partial charge in [0.15, 0.2) is 10.3 Å². The van der Waals surface area contributed by atoms with Crippen molar-refractivity contribution in [2.75, 3.05) is 11.1 Å². The molecule has 0 atom stereocenters. The van der Waals surface area contributed by atoms with E-state index >= 15 is 0 Å². The van der Waals surface area contributed by atoms with E-state index in [0.717, 1.165) is 34.9 Å². The fraction of sp³-hybridized carbons (Fsp3) is 0.200. The van der Waals surface area contributed by atoms with Gasteiger partial charge in [-0.15, -0.1) is 0 Å². The first kappa shape index (κ1) is 16.9. The molecule has 3 aliphatic heterocycles. The molecule has 2 aromatic carbocycles. The van der Waals surface area contributed by atoms with E-state index < -0.39 is 0 Å². The monoisotopic (exact) mass is 396 g/mol. The van der Waals surface area contributed by atoms with Crippen LogP contribution in [0.2, 0.25) is 0 Å². The molecule has 0 aromatic heterocycles. The molecular weight excluding hydrogens is 379 g/mol. The molecule has 0 amide bonds. The molecule has 136 valence electrons. The molecule has 27 heavy (non-hydrogen) atoms. The van der Waals surface area contributed by atoms with Gasteiger partial charge < -0.3 is 10.2 Å². The first-order chi connectivity index (χ1) is 13.3. The smallest absolute Gasteiger partial charge is 0.168 e. The van der Waals surface area contributed by atoms with E-state index in [1.54, 1.807) is 29.6 Å². The summed E-state index contributed by atoms with van der Waals surface area (Å²) in [4.78, 5) is 11.6. The fourth-order valence-corrected chi connectivity index (χ4v) is 5.20. The van der Waals surface area contributed by atoms with E-state index in [4.69, 9.17) is 4.99 Å². The number of nitrogens with one attached hydrogen (secondary N) is 1. The van der Waals surface area contributed by atoms with E-state index in [-0.39, 0.29) is 5.82 Å². The number of amidine groups is 2. The van der Waals surface area contributed by atoms with Crippen molar-refractivity contribution in [2.45, 2.75) is 19.6 Å². The van der Waals surface area contributed by atoms with Crippen molar-refractivity contribution >= 4 is 39.5 Å². The van der Waals surface area contributed by atoms with Crippen molar-refractivity contribution < 1.29 is 4.39 Å². The molecule has 0 saturated heterocycles. The number of hydrogen-bond acceptors (Lipinski definition) is 6. The van der Waals surface area contributed by atoms with Crippen molar-refractivity contribution in [3.05, 3.63) is 76.1 Å². The second kappa shape index (κ2) is 7.05. The third-order valence-corrected chi connectivity index (χ3v) is 6.70. The molecule has 0 saturated carbocycles. The predicted molar refractivity (Wildman–Crippen MR) is 112 cm³/mol. The van der Waals surface area contributed by atoms with Gasteiger partial charge in [-0.25, -0.2) is 4.39 Å². The number of benzene rings is 2. The quantitative estimate of drug-likeness (QED) is 0.792. The van der Waals surface area contributed by atoms with Crippen LogP contribution in [0, 0.1) is 5.82 Å². The van der Waals surface area contributed by atoms with E-state index in [1.807, 2.05) is 6.07 Å². The Bertz CT molecular complexity index is 999. The van der Waals surface area contributed by atoms with Crippen LogP contribution in [0.4, 0.5) is 10.1 Å². The highest BCUT2D eigenvalue weighted by Gasteiger charge is 2.26. The minimum absolute atomic E-state index is 0.202. The number of rotatable bonds is 2. The number of nitrogens with zero attached hydrogens (tertiary/aromatic N) is 3. The number of thioether (sulfide) groups is 2. The first-order valence-corrected chi connectivity index (χ1v) is 10.6. The van der Waals surface area contributed by atoms with Crippen LogP contribution in [-0.2, 0) is 19.6 Å². The third-order valence-electron chi connectivity index (χ3n) is 4.81. The molecule has 3 aliphatic rings. The maximum absolute atomic E-state index is 13.8. The van der Waals surface area contributed by atoms with Crippen LogP contribution in [0.1, 0.15) is 16.7 Å². The zero-order chi connectivity index (χ0) is 18.2. The largest absolute Gasteiger partial charge is 0.335 e. The molecule has 0 unspecified atom stereocenters. The number of anilines is 1. The van der Waals surface area contributed by atoms with Crippen molar-refractivity contribution in [1.29, 1.82) is 0 Å². The van der Waals surface area contributed by atoms with E-state index in [0.29, 0.717) is 12.1 Å². The highest BCUT2D eigenvalue weighted by Crippen LogP contribution is 2.34. The Balaban J connectivity index is 1.28. The van der Waals surface area contributed by atoms with Gasteiger partial charge in [0, 0.05) is 22.7 Å². The van der Waals surface area contributed by atoms with Crippen LogP contribution in [0.3, 0.4) is 0 Å². The Morgan fingerprint density at radius 1 is 1.07 bits per heavy atom. The molecule has 2 aromatic rings. The molecule has 4 nitrogen and oxygen atoms in total. The summed E-state index contributed by atoms with van der Waals surface area (Å²) >= 11 is 3.33. The zero-order valence-electron chi connectivity index (χ0n) is 14.5. The Morgan fingerprint density at radius 2 is 1.96 bits per heavy atom. The molecule has 0 bridgehead atoms. The summed E-state index contributed by atoms with van der Waals surface area (Å²) in [5.41, 5.74) is 5.30. The van der Waals surface area contributed by atoms with Gasteiger partial charge in [-0.2, -0.15) is 0 Å². The summed E-state index contributed by atoms with van der Waals surface area (Å²) in [6.07, 6.45) is 0. The summed E-state index contributed by atoms with van der Waals surface area (Å²) < 4.78 is 13.8. The van der Waals surface area contributed by atoms with Crippen LogP contribution in [0.25, 0.3) is 0 Å².